The fourth-order valence-electron chi connectivity index (χ4n) is 0.272. The molecule has 0 N–H and O–H groups in total. The zero-order valence-electron chi connectivity index (χ0n) is 5.33. The minimum absolute atomic E-state index is 1.75. The molecule has 0 radical (unpaired) electrons. The molecule has 8 heavy (non-hydrogen) atoms. The van der Waals surface area contributed by atoms with Crippen LogP contribution in [0.15, 0.2) is 29.4 Å². The SMILES string of the molecule is C\C=C/C=N\C=C\C. The molecule has 0 rings (SSSR count). The molecule has 0 atom stereocenters. The van der Waals surface area contributed by atoms with Crippen molar-refractivity contribution in [3.63, 3.8) is 0 Å². The molecule has 0 aromatic carbocycles. The highest BCUT2D eigenvalue weighted by Crippen LogP contribution is 1.71. The zero-order chi connectivity index (χ0) is 6.24. The van der Waals surface area contributed by atoms with Crippen LogP contribution >= 0.6 is 0 Å². The second-order valence-corrected chi connectivity index (χ2v) is 1.31. The van der Waals surface area contributed by atoms with E-state index in [1.165, 1.54) is 0 Å². The zero-order valence-corrected chi connectivity index (χ0v) is 5.33. The van der Waals surface area contributed by atoms with Crippen molar-refractivity contribution in [2.75, 3.05) is 0 Å². The van der Waals surface area contributed by atoms with Crippen molar-refractivity contribution in [2.24, 2.45) is 4.99 Å². The van der Waals surface area contributed by atoms with Crippen LogP contribution in [0.3, 0.4) is 0 Å². The molecule has 44 valence electrons. The van der Waals surface area contributed by atoms with Crippen LogP contribution in [0.2, 0.25) is 0 Å². The van der Waals surface area contributed by atoms with Gasteiger partial charge < -0.3 is 0 Å². The molecule has 1 heteroatoms. The lowest BCUT2D eigenvalue weighted by molar-refractivity contribution is 1.55. The Hall–Kier alpha value is -0.850. The van der Waals surface area contributed by atoms with Gasteiger partial charge >= 0.3 is 0 Å². The van der Waals surface area contributed by atoms with E-state index in [0.29, 0.717) is 0 Å². The molecule has 0 aliphatic heterocycles. The summed E-state index contributed by atoms with van der Waals surface area (Å²) in [6.07, 6.45) is 9.22. The highest BCUT2D eigenvalue weighted by molar-refractivity contribution is 5.71. The first-order valence-corrected chi connectivity index (χ1v) is 2.67. The first kappa shape index (κ1) is 7.15. The number of aliphatic imine (C=N–C) groups is 1. The van der Waals surface area contributed by atoms with E-state index in [1.54, 1.807) is 12.4 Å². The molecule has 0 fully saturated rings. The van der Waals surface area contributed by atoms with Gasteiger partial charge in [-0.05, 0) is 19.9 Å². The highest BCUT2D eigenvalue weighted by atomic mass is 14.6. The Balaban J connectivity index is 3.35. The average Bonchev–Trinajstić information content (AvgIpc) is 1.81. The van der Waals surface area contributed by atoms with Crippen LogP contribution in [0.1, 0.15) is 13.8 Å². The van der Waals surface area contributed by atoms with Crippen LogP contribution in [0.5, 0.6) is 0 Å². The smallest absolute Gasteiger partial charge is 0.0264 e. The summed E-state index contributed by atoms with van der Waals surface area (Å²) in [5, 5.41) is 0. The second kappa shape index (κ2) is 6.15. The Morgan fingerprint density at radius 2 is 1.88 bits per heavy atom. The predicted octanol–water partition coefficient (Wildman–Crippen LogP) is 2.17. The van der Waals surface area contributed by atoms with Gasteiger partial charge in [-0.25, -0.2) is 0 Å². The Kier molecular flexibility index (Phi) is 5.50. The maximum atomic E-state index is 3.89. The molecule has 0 amide bonds. The Morgan fingerprint density at radius 3 is 2.38 bits per heavy atom. The molecule has 0 unspecified atom stereocenters. The summed E-state index contributed by atoms with van der Waals surface area (Å²) in [5.41, 5.74) is 0. The number of allylic oxidation sites excluding steroid dienone is 3. The summed E-state index contributed by atoms with van der Waals surface area (Å²) in [5.74, 6) is 0. The summed E-state index contributed by atoms with van der Waals surface area (Å²) < 4.78 is 0. The van der Waals surface area contributed by atoms with Gasteiger partial charge in [0.25, 0.3) is 0 Å². The van der Waals surface area contributed by atoms with Crippen molar-refractivity contribution in [2.45, 2.75) is 13.8 Å². The second-order valence-electron chi connectivity index (χ2n) is 1.31. The molecule has 0 bridgehead atoms. The molecule has 0 saturated carbocycles. The molecule has 0 aromatic rings. The van der Waals surface area contributed by atoms with Crippen molar-refractivity contribution < 1.29 is 0 Å². The summed E-state index contributed by atoms with van der Waals surface area (Å²) in [6, 6.07) is 0. The van der Waals surface area contributed by atoms with E-state index in [4.69, 9.17) is 0 Å². The third-order valence-corrected chi connectivity index (χ3v) is 0.600. The van der Waals surface area contributed by atoms with Gasteiger partial charge in [0.15, 0.2) is 0 Å². The molecule has 0 aliphatic rings. The van der Waals surface area contributed by atoms with E-state index in [1.807, 2.05) is 32.1 Å². The van der Waals surface area contributed by atoms with Crippen molar-refractivity contribution in [1.29, 1.82) is 0 Å². The van der Waals surface area contributed by atoms with Crippen LogP contribution in [0, 0.1) is 0 Å². The number of rotatable bonds is 2. The summed E-state index contributed by atoms with van der Waals surface area (Å²) in [7, 11) is 0. The van der Waals surface area contributed by atoms with Gasteiger partial charge in [-0.1, -0.05) is 12.2 Å². The molecular weight excluding hydrogens is 98.1 g/mol. The maximum Gasteiger partial charge on any atom is 0.0264 e. The molecule has 0 heterocycles. The van der Waals surface area contributed by atoms with E-state index in [2.05, 4.69) is 4.99 Å². The molecule has 0 spiro atoms. The van der Waals surface area contributed by atoms with E-state index in [9.17, 15) is 0 Å². The number of nitrogens with zero attached hydrogens (tertiary/aromatic N) is 1. The van der Waals surface area contributed by atoms with Crippen molar-refractivity contribution in [3.05, 3.63) is 24.4 Å². The monoisotopic (exact) mass is 109 g/mol. The standard InChI is InChI=1S/C7H11N/c1-3-5-7-8-6-4-2/h3-7H,1-2H3/b5-3-,6-4+,8-7-. The number of hydrogen-bond acceptors (Lipinski definition) is 1. The maximum absolute atomic E-state index is 3.89. The fraction of sp³-hybridized carbons (Fsp3) is 0.286. The van der Waals surface area contributed by atoms with Crippen molar-refractivity contribution in [1.82, 2.24) is 0 Å². The summed E-state index contributed by atoms with van der Waals surface area (Å²) in [4.78, 5) is 3.89. The highest BCUT2D eigenvalue weighted by Gasteiger charge is 1.55. The summed E-state index contributed by atoms with van der Waals surface area (Å²) >= 11 is 0. The van der Waals surface area contributed by atoms with Gasteiger partial charge in [-0.3, -0.25) is 4.99 Å². The lowest BCUT2D eigenvalue weighted by Gasteiger charge is -1.69. The third-order valence-electron chi connectivity index (χ3n) is 0.600. The van der Waals surface area contributed by atoms with Crippen LogP contribution in [0.25, 0.3) is 0 Å². The van der Waals surface area contributed by atoms with Crippen LogP contribution < -0.4 is 0 Å². The predicted molar refractivity (Wildman–Crippen MR) is 38.1 cm³/mol. The Morgan fingerprint density at radius 1 is 1.12 bits per heavy atom. The van der Waals surface area contributed by atoms with Crippen LogP contribution in [-0.4, -0.2) is 6.21 Å². The molecule has 0 saturated heterocycles. The van der Waals surface area contributed by atoms with Gasteiger partial charge in [0.2, 0.25) is 0 Å². The molecule has 1 nitrogen and oxygen atoms in total. The van der Waals surface area contributed by atoms with Gasteiger partial charge in [0, 0.05) is 12.4 Å². The minimum Gasteiger partial charge on any atom is -0.265 e. The first-order valence-electron chi connectivity index (χ1n) is 2.67. The van der Waals surface area contributed by atoms with Crippen LogP contribution in [-0.2, 0) is 0 Å². The van der Waals surface area contributed by atoms with E-state index in [-0.39, 0.29) is 0 Å². The Labute approximate surface area is 50.4 Å². The quantitative estimate of drug-likeness (QED) is 0.482. The van der Waals surface area contributed by atoms with Gasteiger partial charge in [0.1, 0.15) is 0 Å². The average molecular weight is 109 g/mol. The van der Waals surface area contributed by atoms with E-state index < -0.39 is 0 Å². The normalized spacial score (nSPS) is 12.8. The molecule has 0 aromatic heterocycles. The van der Waals surface area contributed by atoms with E-state index in [0.717, 1.165) is 0 Å². The van der Waals surface area contributed by atoms with Crippen LogP contribution in [0.4, 0.5) is 0 Å². The lowest BCUT2D eigenvalue weighted by atomic mass is 10.6. The topological polar surface area (TPSA) is 12.4 Å². The molecule has 0 aliphatic carbocycles. The lowest BCUT2D eigenvalue weighted by Crippen LogP contribution is -1.57. The molecular formula is C7H11N. The summed E-state index contributed by atoms with van der Waals surface area (Å²) in [6.45, 7) is 3.90. The minimum atomic E-state index is 1.75. The van der Waals surface area contributed by atoms with Crippen molar-refractivity contribution >= 4 is 6.21 Å². The third kappa shape index (κ3) is 5.15. The van der Waals surface area contributed by atoms with Gasteiger partial charge in [-0.2, -0.15) is 0 Å². The van der Waals surface area contributed by atoms with Gasteiger partial charge in [0.05, 0.1) is 0 Å². The number of hydrogen-bond donors (Lipinski definition) is 0. The first-order chi connectivity index (χ1) is 3.91. The fourth-order valence-corrected chi connectivity index (χ4v) is 0.272. The largest absolute Gasteiger partial charge is 0.265 e. The Bertz CT molecular complexity index is 95.6. The van der Waals surface area contributed by atoms with Gasteiger partial charge in [-0.15, -0.1) is 0 Å². The van der Waals surface area contributed by atoms with E-state index >= 15 is 0 Å². The van der Waals surface area contributed by atoms with Crippen molar-refractivity contribution in [3.8, 4) is 0 Å².